The van der Waals surface area contributed by atoms with Crippen LogP contribution >= 0.6 is 0 Å². The smallest absolute Gasteiger partial charge is 0.310 e. The van der Waals surface area contributed by atoms with Crippen molar-refractivity contribution in [2.45, 2.75) is 70.6 Å². The molecule has 21 heavy (non-hydrogen) atoms. The summed E-state index contributed by atoms with van der Waals surface area (Å²) in [6.45, 7) is 0.813. The molecule has 0 aromatic rings. The molecule has 0 saturated heterocycles. The molecule has 122 valence electrons. The molecular formula is C16H29NO4. The molecule has 1 amide bonds. The zero-order chi connectivity index (χ0) is 15.6. The lowest BCUT2D eigenvalue weighted by molar-refractivity contribution is -0.152. The van der Waals surface area contributed by atoms with E-state index >= 15 is 0 Å². The first-order valence-corrected chi connectivity index (χ1v) is 8.22. The van der Waals surface area contributed by atoms with Crippen LogP contribution in [0.4, 0.5) is 0 Å². The van der Waals surface area contributed by atoms with Gasteiger partial charge in [0.1, 0.15) is 0 Å². The van der Waals surface area contributed by atoms with E-state index in [1.54, 1.807) is 0 Å². The second-order valence-electron chi connectivity index (χ2n) is 6.16. The van der Waals surface area contributed by atoms with Crippen molar-refractivity contribution in [1.82, 2.24) is 5.32 Å². The van der Waals surface area contributed by atoms with Crippen LogP contribution in [-0.2, 0) is 9.59 Å². The first-order valence-electron chi connectivity index (χ1n) is 8.22. The Balaban J connectivity index is 2.33. The van der Waals surface area contributed by atoms with E-state index in [1.807, 2.05) is 0 Å². The normalized spacial score (nSPS) is 18.0. The molecule has 5 nitrogen and oxygen atoms in total. The third-order valence-corrected chi connectivity index (χ3v) is 4.42. The number of amides is 1. The minimum Gasteiger partial charge on any atom is -0.481 e. The van der Waals surface area contributed by atoms with Crippen molar-refractivity contribution in [3.05, 3.63) is 0 Å². The van der Waals surface area contributed by atoms with Crippen LogP contribution in [0.1, 0.15) is 70.6 Å². The highest BCUT2D eigenvalue weighted by atomic mass is 16.4. The number of aliphatic hydroxyl groups excluding tert-OH is 1. The Hall–Kier alpha value is -1.10. The van der Waals surface area contributed by atoms with Crippen LogP contribution in [0, 0.1) is 5.41 Å². The maximum absolute atomic E-state index is 12.0. The van der Waals surface area contributed by atoms with Gasteiger partial charge in [0, 0.05) is 19.6 Å². The lowest BCUT2D eigenvalue weighted by Gasteiger charge is -2.27. The molecule has 5 heteroatoms. The molecule has 0 aromatic carbocycles. The van der Waals surface area contributed by atoms with E-state index in [1.165, 1.54) is 0 Å². The van der Waals surface area contributed by atoms with Crippen molar-refractivity contribution >= 4 is 11.9 Å². The minimum absolute atomic E-state index is 0.110. The van der Waals surface area contributed by atoms with Crippen molar-refractivity contribution in [3.63, 3.8) is 0 Å². The minimum atomic E-state index is -0.850. The summed E-state index contributed by atoms with van der Waals surface area (Å²) in [6.07, 6.45) is 8.92. The Morgan fingerprint density at radius 3 is 2.14 bits per heavy atom. The number of carbonyl (C=O) groups excluding carboxylic acids is 1. The Labute approximate surface area is 127 Å². The van der Waals surface area contributed by atoms with E-state index < -0.39 is 11.4 Å². The number of unbranched alkanes of at least 4 members (excludes halogenated alkanes) is 3. The maximum Gasteiger partial charge on any atom is 0.310 e. The fourth-order valence-electron chi connectivity index (χ4n) is 3.06. The summed E-state index contributed by atoms with van der Waals surface area (Å²) >= 11 is 0. The second kappa shape index (κ2) is 9.77. The molecule has 0 atom stereocenters. The van der Waals surface area contributed by atoms with Crippen LogP contribution in [0.15, 0.2) is 0 Å². The van der Waals surface area contributed by atoms with Crippen LogP contribution in [0.2, 0.25) is 0 Å². The number of rotatable bonds is 9. The zero-order valence-electron chi connectivity index (χ0n) is 12.9. The second-order valence-corrected chi connectivity index (χ2v) is 6.16. The standard InChI is InChI=1S/C16H29NO4/c18-12-8-4-3-7-11-17-14(19)13-16(15(20)21)9-5-1-2-6-10-16/h18H,1-13H2,(H,17,19)(H,20,21). The Morgan fingerprint density at radius 1 is 0.952 bits per heavy atom. The quantitative estimate of drug-likeness (QED) is 0.451. The summed E-state index contributed by atoms with van der Waals surface area (Å²) in [6, 6.07) is 0. The molecule has 0 aromatic heterocycles. The predicted octanol–water partition coefficient (Wildman–Crippen LogP) is 2.47. The van der Waals surface area contributed by atoms with E-state index in [0.717, 1.165) is 51.4 Å². The van der Waals surface area contributed by atoms with E-state index in [4.69, 9.17) is 5.11 Å². The largest absolute Gasteiger partial charge is 0.481 e. The number of hydrogen-bond acceptors (Lipinski definition) is 3. The lowest BCUT2D eigenvalue weighted by atomic mass is 9.77. The van der Waals surface area contributed by atoms with Gasteiger partial charge in [-0.15, -0.1) is 0 Å². The van der Waals surface area contributed by atoms with Crippen LogP contribution in [0.3, 0.4) is 0 Å². The average molecular weight is 299 g/mol. The molecular weight excluding hydrogens is 270 g/mol. The maximum atomic E-state index is 12.0. The van der Waals surface area contributed by atoms with Crippen LogP contribution in [0.25, 0.3) is 0 Å². The Morgan fingerprint density at radius 2 is 1.57 bits per heavy atom. The number of carbonyl (C=O) groups is 2. The Kier molecular flexibility index (Phi) is 8.35. The van der Waals surface area contributed by atoms with Crippen molar-refractivity contribution in [1.29, 1.82) is 0 Å². The van der Waals surface area contributed by atoms with Gasteiger partial charge < -0.3 is 15.5 Å². The molecule has 1 fully saturated rings. The summed E-state index contributed by atoms with van der Waals surface area (Å²) < 4.78 is 0. The number of nitrogens with one attached hydrogen (secondary N) is 1. The molecule has 0 aliphatic heterocycles. The zero-order valence-corrected chi connectivity index (χ0v) is 12.9. The van der Waals surface area contributed by atoms with Gasteiger partial charge in [-0.05, 0) is 25.7 Å². The lowest BCUT2D eigenvalue weighted by Crippen LogP contribution is -2.37. The molecule has 0 heterocycles. The SMILES string of the molecule is O=C(CC1(C(=O)O)CCCCCC1)NCCCCCCO. The number of aliphatic hydroxyl groups is 1. The monoisotopic (exact) mass is 299 g/mol. The Bertz CT molecular complexity index is 322. The average Bonchev–Trinajstić information content (AvgIpc) is 2.69. The fourth-order valence-corrected chi connectivity index (χ4v) is 3.06. The van der Waals surface area contributed by atoms with Crippen molar-refractivity contribution in [2.75, 3.05) is 13.2 Å². The molecule has 1 saturated carbocycles. The van der Waals surface area contributed by atoms with Crippen LogP contribution < -0.4 is 5.32 Å². The third-order valence-electron chi connectivity index (χ3n) is 4.42. The highest BCUT2D eigenvalue weighted by molar-refractivity contribution is 5.85. The number of carboxylic acid groups (broad SMARTS) is 1. The molecule has 1 aliphatic rings. The van der Waals surface area contributed by atoms with Gasteiger partial charge in [-0.2, -0.15) is 0 Å². The van der Waals surface area contributed by atoms with E-state index in [2.05, 4.69) is 5.32 Å². The predicted molar refractivity (Wildman–Crippen MR) is 81.0 cm³/mol. The molecule has 3 N–H and O–H groups in total. The van der Waals surface area contributed by atoms with Gasteiger partial charge in [-0.1, -0.05) is 38.5 Å². The fraction of sp³-hybridized carbons (Fsp3) is 0.875. The molecule has 1 aliphatic carbocycles. The van der Waals surface area contributed by atoms with Gasteiger partial charge in [0.2, 0.25) is 5.91 Å². The van der Waals surface area contributed by atoms with Crippen LogP contribution in [-0.4, -0.2) is 35.2 Å². The number of carboxylic acids is 1. The van der Waals surface area contributed by atoms with Gasteiger partial charge in [0.15, 0.2) is 0 Å². The molecule has 0 unspecified atom stereocenters. The van der Waals surface area contributed by atoms with Gasteiger partial charge in [0.05, 0.1) is 5.41 Å². The molecule has 0 spiro atoms. The van der Waals surface area contributed by atoms with Gasteiger partial charge >= 0.3 is 5.97 Å². The number of hydrogen-bond donors (Lipinski definition) is 3. The van der Waals surface area contributed by atoms with Crippen molar-refractivity contribution in [2.24, 2.45) is 5.41 Å². The summed E-state index contributed by atoms with van der Waals surface area (Å²) in [4.78, 5) is 23.6. The van der Waals surface area contributed by atoms with Crippen molar-refractivity contribution < 1.29 is 19.8 Å². The van der Waals surface area contributed by atoms with E-state index in [0.29, 0.717) is 19.4 Å². The summed E-state index contributed by atoms with van der Waals surface area (Å²) in [7, 11) is 0. The van der Waals surface area contributed by atoms with E-state index in [-0.39, 0.29) is 18.9 Å². The van der Waals surface area contributed by atoms with Crippen molar-refractivity contribution in [3.8, 4) is 0 Å². The molecule has 1 rings (SSSR count). The highest BCUT2D eigenvalue weighted by Gasteiger charge is 2.40. The summed E-state index contributed by atoms with van der Waals surface area (Å²) in [5.74, 6) is -0.955. The van der Waals surface area contributed by atoms with Gasteiger partial charge in [0.25, 0.3) is 0 Å². The van der Waals surface area contributed by atoms with Gasteiger partial charge in [-0.3, -0.25) is 9.59 Å². The topological polar surface area (TPSA) is 86.6 Å². The molecule has 0 radical (unpaired) electrons. The van der Waals surface area contributed by atoms with Crippen LogP contribution in [0.5, 0.6) is 0 Å². The number of aliphatic carboxylic acids is 1. The molecule has 0 bridgehead atoms. The van der Waals surface area contributed by atoms with E-state index in [9.17, 15) is 14.7 Å². The summed E-state index contributed by atoms with van der Waals surface area (Å²) in [5.41, 5.74) is -0.850. The summed E-state index contributed by atoms with van der Waals surface area (Å²) in [5, 5.41) is 21.0. The highest BCUT2D eigenvalue weighted by Crippen LogP contribution is 2.38. The third kappa shape index (κ3) is 6.46. The first-order chi connectivity index (χ1) is 10.1. The first kappa shape index (κ1) is 18.0. The van der Waals surface area contributed by atoms with Gasteiger partial charge in [-0.25, -0.2) is 0 Å².